The van der Waals surface area contributed by atoms with Gasteiger partial charge in [-0.15, -0.1) is 0 Å². The van der Waals surface area contributed by atoms with Gasteiger partial charge >= 0.3 is 0 Å². The number of carbonyl (C=O) groups excluding carboxylic acids is 1. The maximum atomic E-state index is 14.1. The first kappa shape index (κ1) is 14.9. The van der Waals surface area contributed by atoms with Crippen LogP contribution in [0.3, 0.4) is 0 Å². The summed E-state index contributed by atoms with van der Waals surface area (Å²) >= 11 is 0. The lowest BCUT2D eigenvalue weighted by atomic mass is 9.98. The summed E-state index contributed by atoms with van der Waals surface area (Å²) in [5.41, 5.74) is -1.12. The highest BCUT2D eigenvalue weighted by Crippen LogP contribution is 2.34. The van der Waals surface area contributed by atoms with E-state index in [9.17, 15) is 13.6 Å². The quantitative estimate of drug-likeness (QED) is 0.781. The van der Waals surface area contributed by atoms with Crippen molar-refractivity contribution >= 4 is 12.0 Å². The van der Waals surface area contributed by atoms with Crippen LogP contribution >= 0.6 is 0 Å². The average Bonchev–Trinajstić information content (AvgIpc) is 2.23. The van der Waals surface area contributed by atoms with Gasteiger partial charge in [0.1, 0.15) is 23.6 Å². The Morgan fingerprint density at radius 2 is 1.55 bits per heavy atom. The average molecular weight is 283 g/mol. The van der Waals surface area contributed by atoms with E-state index in [-0.39, 0.29) is 11.3 Å². The zero-order valence-electron chi connectivity index (χ0n) is 12.2. The summed E-state index contributed by atoms with van der Waals surface area (Å²) in [4.78, 5) is 12.3. The first-order chi connectivity index (χ1) is 9.13. The van der Waals surface area contributed by atoms with Crippen LogP contribution in [0.1, 0.15) is 38.1 Å². The van der Waals surface area contributed by atoms with Gasteiger partial charge in [0, 0.05) is 18.7 Å². The molecule has 5 heteroatoms. The van der Waals surface area contributed by atoms with E-state index in [4.69, 9.17) is 4.74 Å². The topological polar surface area (TPSA) is 29.5 Å². The molecule has 0 spiro atoms. The van der Waals surface area contributed by atoms with E-state index in [1.54, 1.807) is 4.90 Å². The highest BCUT2D eigenvalue weighted by molar-refractivity contribution is 5.76. The van der Waals surface area contributed by atoms with Crippen molar-refractivity contribution in [3.8, 4) is 0 Å². The molecule has 1 aliphatic heterocycles. The number of anilines is 1. The molecule has 1 aromatic carbocycles. The van der Waals surface area contributed by atoms with Crippen molar-refractivity contribution in [1.82, 2.24) is 0 Å². The van der Waals surface area contributed by atoms with Gasteiger partial charge in [-0.25, -0.2) is 8.78 Å². The molecule has 0 aliphatic carbocycles. The number of hydrogen-bond acceptors (Lipinski definition) is 3. The van der Waals surface area contributed by atoms with Crippen molar-refractivity contribution in [3.63, 3.8) is 0 Å². The Hall–Kier alpha value is -1.49. The summed E-state index contributed by atoms with van der Waals surface area (Å²) in [6.07, 6.45) is 0.434. The minimum atomic E-state index is -0.722. The number of carbonyl (C=O) groups is 1. The van der Waals surface area contributed by atoms with Crippen molar-refractivity contribution < 1.29 is 18.3 Å². The first-order valence-corrected chi connectivity index (χ1v) is 6.53. The number of hydrogen-bond donors (Lipinski definition) is 0. The lowest BCUT2D eigenvalue weighted by Gasteiger charge is -2.48. The van der Waals surface area contributed by atoms with E-state index in [1.807, 2.05) is 27.7 Å². The molecule has 1 aliphatic rings. The Kier molecular flexibility index (Phi) is 3.58. The lowest BCUT2D eigenvalue weighted by Crippen LogP contribution is -2.57. The van der Waals surface area contributed by atoms with E-state index < -0.39 is 22.8 Å². The van der Waals surface area contributed by atoms with Crippen LogP contribution in [0.15, 0.2) is 12.1 Å². The lowest BCUT2D eigenvalue weighted by molar-refractivity contribution is -0.133. The minimum absolute atomic E-state index is 0.00414. The van der Waals surface area contributed by atoms with Gasteiger partial charge in [0.25, 0.3) is 0 Å². The third kappa shape index (κ3) is 2.98. The van der Waals surface area contributed by atoms with Crippen LogP contribution in [-0.4, -0.2) is 30.6 Å². The zero-order chi connectivity index (χ0) is 15.1. The van der Waals surface area contributed by atoms with E-state index in [1.165, 1.54) is 0 Å². The Labute approximate surface area is 117 Å². The monoisotopic (exact) mass is 283 g/mol. The fourth-order valence-corrected chi connectivity index (χ4v) is 2.90. The molecule has 20 heavy (non-hydrogen) atoms. The molecule has 0 atom stereocenters. The van der Waals surface area contributed by atoms with Crippen LogP contribution in [0.25, 0.3) is 0 Å². The first-order valence-electron chi connectivity index (χ1n) is 6.53. The number of aldehydes is 1. The Bertz CT molecular complexity index is 502. The van der Waals surface area contributed by atoms with Crippen LogP contribution in [0.4, 0.5) is 14.5 Å². The van der Waals surface area contributed by atoms with E-state index >= 15 is 0 Å². The molecule has 110 valence electrons. The van der Waals surface area contributed by atoms with Gasteiger partial charge in [-0.3, -0.25) is 4.79 Å². The minimum Gasteiger partial charge on any atom is -0.366 e. The Morgan fingerprint density at radius 3 is 1.95 bits per heavy atom. The normalized spacial score (nSPS) is 20.8. The summed E-state index contributed by atoms with van der Waals surface area (Å²) < 4.78 is 34.1. The third-order valence-electron chi connectivity index (χ3n) is 3.19. The summed E-state index contributed by atoms with van der Waals surface area (Å²) in [6, 6.07) is 2.11. The van der Waals surface area contributed by atoms with Crippen LogP contribution < -0.4 is 4.90 Å². The van der Waals surface area contributed by atoms with E-state index in [0.717, 1.165) is 12.1 Å². The molecule has 1 aromatic rings. The summed E-state index contributed by atoms with van der Waals surface area (Å²) in [5, 5.41) is 0. The highest BCUT2D eigenvalue weighted by Gasteiger charge is 2.39. The molecule has 0 radical (unpaired) electrons. The highest BCUT2D eigenvalue weighted by atomic mass is 19.1. The van der Waals surface area contributed by atoms with Gasteiger partial charge in [0.2, 0.25) is 0 Å². The summed E-state index contributed by atoms with van der Waals surface area (Å²) in [6.45, 7) is 8.30. The summed E-state index contributed by atoms with van der Waals surface area (Å²) in [5.74, 6) is -1.44. The van der Waals surface area contributed by atoms with Crippen LogP contribution in [0.5, 0.6) is 0 Å². The second kappa shape index (κ2) is 4.81. The van der Waals surface area contributed by atoms with Gasteiger partial charge in [-0.1, -0.05) is 0 Å². The molecule has 1 saturated heterocycles. The molecular weight excluding hydrogens is 264 g/mol. The Balaban J connectivity index is 2.43. The van der Waals surface area contributed by atoms with Crippen molar-refractivity contribution in [1.29, 1.82) is 0 Å². The smallest absolute Gasteiger partial charge is 0.150 e. The maximum Gasteiger partial charge on any atom is 0.150 e. The van der Waals surface area contributed by atoms with Crippen LogP contribution in [0, 0.1) is 11.6 Å². The number of nitrogens with zero attached hydrogens (tertiary/aromatic N) is 1. The number of ether oxygens (including phenoxy) is 1. The molecule has 0 N–H and O–H groups in total. The van der Waals surface area contributed by atoms with Gasteiger partial charge in [-0.2, -0.15) is 0 Å². The van der Waals surface area contributed by atoms with Gasteiger partial charge < -0.3 is 9.64 Å². The fraction of sp³-hybridized carbons (Fsp3) is 0.533. The molecule has 0 saturated carbocycles. The third-order valence-corrected chi connectivity index (χ3v) is 3.19. The van der Waals surface area contributed by atoms with E-state index in [2.05, 4.69) is 0 Å². The molecule has 0 aromatic heterocycles. The Morgan fingerprint density at radius 1 is 1.10 bits per heavy atom. The molecule has 0 unspecified atom stereocenters. The fourth-order valence-electron chi connectivity index (χ4n) is 2.90. The van der Waals surface area contributed by atoms with Crippen LogP contribution in [-0.2, 0) is 4.74 Å². The van der Waals surface area contributed by atoms with Crippen molar-refractivity contribution in [3.05, 3.63) is 29.3 Å². The predicted octanol–water partition coefficient (Wildman–Crippen LogP) is 3.17. The van der Waals surface area contributed by atoms with Gasteiger partial charge in [-0.05, 0) is 39.8 Å². The summed E-state index contributed by atoms with van der Waals surface area (Å²) in [7, 11) is 0. The second-order valence-electron chi connectivity index (χ2n) is 6.43. The van der Waals surface area contributed by atoms with Crippen molar-refractivity contribution in [2.45, 2.75) is 38.9 Å². The number of rotatable bonds is 2. The van der Waals surface area contributed by atoms with Gasteiger partial charge in [0.05, 0.1) is 11.2 Å². The van der Waals surface area contributed by atoms with Crippen molar-refractivity contribution in [2.75, 3.05) is 18.0 Å². The maximum absolute atomic E-state index is 14.1. The molecule has 0 bridgehead atoms. The largest absolute Gasteiger partial charge is 0.366 e. The molecular formula is C15H19F2NO2. The second-order valence-corrected chi connectivity index (χ2v) is 6.43. The molecule has 0 amide bonds. The molecule has 3 nitrogen and oxygen atoms in total. The molecule has 1 fully saturated rings. The van der Waals surface area contributed by atoms with E-state index in [0.29, 0.717) is 19.4 Å². The van der Waals surface area contributed by atoms with Crippen LogP contribution in [0.2, 0.25) is 0 Å². The molecule has 2 rings (SSSR count). The standard InChI is InChI=1S/C15H19F2NO2/c1-14(2)8-18(9-15(3,4)20-14)13-11(16)5-10(7-19)6-12(13)17/h5-7H,8-9H2,1-4H3. The SMILES string of the molecule is CC1(C)CN(c2c(F)cc(C=O)cc2F)CC(C)(C)O1. The van der Waals surface area contributed by atoms with Gasteiger partial charge in [0.15, 0.2) is 0 Å². The molecule has 1 heterocycles. The predicted molar refractivity (Wildman–Crippen MR) is 73.2 cm³/mol. The zero-order valence-corrected chi connectivity index (χ0v) is 12.2. The number of halogens is 2. The number of benzene rings is 1. The van der Waals surface area contributed by atoms with Crippen molar-refractivity contribution in [2.24, 2.45) is 0 Å². The number of morpholine rings is 1.